The van der Waals surface area contributed by atoms with E-state index >= 15 is 0 Å². The van der Waals surface area contributed by atoms with Crippen molar-refractivity contribution in [2.24, 2.45) is 11.8 Å². The minimum absolute atomic E-state index is 0.150. The lowest BCUT2D eigenvalue weighted by atomic mass is 10.0. The molecule has 0 radical (unpaired) electrons. The summed E-state index contributed by atoms with van der Waals surface area (Å²) in [6, 6.07) is 7.97. The molecule has 0 aliphatic heterocycles. The monoisotopic (exact) mass is 265 g/mol. The van der Waals surface area contributed by atoms with Gasteiger partial charge in [-0.05, 0) is 42.4 Å². The van der Waals surface area contributed by atoms with Gasteiger partial charge in [-0.2, -0.15) is 0 Å². The lowest BCUT2D eigenvalue weighted by Crippen LogP contribution is -2.30. The highest BCUT2D eigenvalue weighted by atomic mass is 35.5. The summed E-state index contributed by atoms with van der Waals surface area (Å²) in [6.45, 7) is 4.13. The van der Waals surface area contributed by atoms with E-state index in [1.54, 1.807) is 0 Å². The summed E-state index contributed by atoms with van der Waals surface area (Å²) in [5.41, 5.74) is 1.17. The summed E-state index contributed by atoms with van der Waals surface area (Å²) in [5.74, 6) is 1.15. The summed E-state index contributed by atoms with van der Waals surface area (Å²) in [7, 11) is 0. The first-order chi connectivity index (χ1) is 8.56. The standard InChI is InChI=1S/C15H20ClNO/c1-10(2)9-14(18)17-15(11-3-4-11)12-5-7-13(16)8-6-12/h5-8,10-11,15H,3-4,9H2,1-2H3,(H,17,18). The van der Waals surface area contributed by atoms with Crippen molar-refractivity contribution in [1.82, 2.24) is 5.32 Å². The molecular formula is C15H20ClNO. The third-order valence-corrected chi connectivity index (χ3v) is 3.48. The molecule has 0 spiro atoms. The fourth-order valence-corrected chi connectivity index (χ4v) is 2.30. The van der Waals surface area contributed by atoms with Crippen molar-refractivity contribution >= 4 is 17.5 Å². The topological polar surface area (TPSA) is 29.1 Å². The van der Waals surface area contributed by atoms with E-state index in [0.29, 0.717) is 18.3 Å². The van der Waals surface area contributed by atoms with Crippen molar-refractivity contribution < 1.29 is 4.79 Å². The number of hydrogen-bond donors (Lipinski definition) is 1. The molecular weight excluding hydrogens is 246 g/mol. The molecule has 2 rings (SSSR count). The van der Waals surface area contributed by atoms with Gasteiger partial charge in [-0.1, -0.05) is 37.6 Å². The molecule has 1 aliphatic rings. The third-order valence-electron chi connectivity index (χ3n) is 3.23. The van der Waals surface area contributed by atoms with Gasteiger partial charge in [-0.3, -0.25) is 4.79 Å². The molecule has 1 aromatic carbocycles. The van der Waals surface area contributed by atoms with E-state index in [1.165, 1.54) is 18.4 Å². The van der Waals surface area contributed by atoms with Crippen LogP contribution in [0.5, 0.6) is 0 Å². The molecule has 3 heteroatoms. The van der Waals surface area contributed by atoms with E-state index in [2.05, 4.69) is 19.2 Å². The highest BCUT2D eigenvalue weighted by molar-refractivity contribution is 6.30. The Labute approximate surface area is 114 Å². The van der Waals surface area contributed by atoms with Crippen molar-refractivity contribution in [1.29, 1.82) is 0 Å². The molecule has 0 bridgehead atoms. The second-order valence-corrected chi connectivity index (χ2v) is 5.97. The van der Waals surface area contributed by atoms with Gasteiger partial charge in [-0.25, -0.2) is 0 Å². The molecule has 1 atom stereocenters. The molecule has 18 heavy (non-hydrogen) atoms. The Kier molecular flexibility index (Phi) is 4.28. The van der Waals surface area contributed by atoms with Crippen LogP contribution in [0.2, 0.25) is 5.02 Å². The van der Waals surface area contributed by atoms with Crippen LogP contribution in [0, 0.1) is 11.8 Å². The molecule has 1 aliphatic carbocycles. The summed E-state index contributed by atoms with van der Waals surface area (Å²) in [5, 5.41) is 3.90. The lowest BCUT2D eigenvalue weighted by molar-refractivity contribution is -0.122. The second kappa shape index (κ2) is 5.75. The smallest absolute Gasteiger partial charge is 0.220 e. The highest BCUT2D eigenvalue weighted by Gasteiger charge is 2.33. The Morgan fingerprint density at radius 3 is 2.44 bits per heavy atom. The Hall–Kier alpha value is -1.02. The minimum Gasteiger partial charge on any atom is -0.349 e. The third kappa shape index (κ3) is 3.74. The van der Waals surface area contributed by atoms with Crippen molar-refractivity contribution in [2.75, 3.05) is 0 Å². The number of carbonyl (C=O) groups excluding carboxylic acids is 1. The van der Waals surface area contributed by atoms with Crippen LogP contribution < -0.4 is 5.32 Å². The largest absolute Gasteiger partial charge is 0.349 e. The molecule has 1 fully saturated rings. The van der Waals surface area contributed by atoms with Crippen LogP contribution in [0.3, 0.4) is 0 Å². The van der Waals surface area contributed by atoms with Gasteiger partial charge in [-0.15, -0.1) is 0 Å². The zero-order chi connectivity index (χ0) is 13.1. The molecule has 1 saturated carbocycles. The zero-order valence-electron chi connectivity index (χ0n) is 10.9. The van der Waals surface area contributed by atoms with E-state index < -0.39 is 0 Å². The fourth-order valence-electron chi connectivity index (χ4n) is 2.18. The number of rotatable bonds is 5. The average Bonchev–Trinajstić information content (AvgIpc) is 3.10. The lowest BCUT2D eigenvalue weighted by Gasteiger charge is -2.19. The van der Waals surface area contributed by atoms with Crippen LogP contribution >= 0.6 is 11.6 Å². The summed E-state index contributed by atoms with van der Waals surface area (Å²) in [6.07, 6.45) is 3.00. The quantitative estimate of drug-likeness (QED) is 0.858. The van der Waals surface area contributed by atoms with Gasteiger partial charge in [0.25, 0.3) is 0 Å². The van der Waals surface area contributed by atoms with Gasteiger partial charge >= 0.3 is 0 Å². The van der Waals surface area contributed by atoms with E-state index in [9.17, 15) is 4.79 Å². The summed E-state index contributed by atoms with van der Waals surface area (Å²) in [4.78, 5) is 11.9. The van der Waals surface area contributed by atoms with Gasteiger partial charge in [0.05, 0.1) is 6.04 Å². The van der Waals surface area contributed by atoms with Gasteiger partial charge in [0.2, 0.25) is 5.91 Å². The maximum atomic E-state index is 11.9. The average molecular weight is 266 g/mol. The number of carbonyl (C=O) groups is 1. The molecule has 1 aromatic rings. The minimum atomic E-state index is 0.150. The zero-order valence-corrected chi connectivity index (χ0v) is 11.7. The molecule has 0 saturated heterocycles. The van der Waals surface area contributed by atoms with Gasteiger partial charge in [0.15, 0.2) is 0 Å². The first-order valence-corrected chi connectivity index (χ1v) is 6.99. The van der Waals surface area contributed by atoms with Crippen LogP contribution in [-0.4, -0.2) is 5.91 Å². The maximum absolute atomic E-state index is 11.9. The Bertz CT molecular complexity index is 409. The number of nitrogens with one attached hydrogen (secondary N) is 1. The van der Waals surface area contributed by atoms with E-state index in [4.69, 9.17) is 11.6 Å². The molecule has 98 valence electrons. The molecule has 1 unspecified atom stereocenters. The predicted molar refractivity (Wildman–Crippen MR) is 74.5 cm³/mol. The van der Waals surface area contributed by atoms with Crippen molar-refractivity contribution in [3.63, 3.8) is 0 Å². The van der Waals surface area contributed by atoms with Crippen LogP contribution in [0.1, 0.15) is 44.7 Å². The molecule has 2 nitrogen and oxygen atoms in total. The maximum Gasteiger partial charge on any atom is 0.220 e. The molecule has 0 heterocycles. The van der Waals surface area contributed by atoms with Crippen LogP contribution in [0.15, 0.2) is 24.3 Å². The van der Waals surface area contributed by atoms with Crippen LogP contribution in [0.4, 0.5) is 0 Å². The second-order valence-electron chi connectivity index (χ2n) is 5.53. The van der Waals surface area contributed by atoms with E-state index in [0.717, 1.165) is 5.02 Å². The van der Waals surface area contributed by atoms with Gasteiger partial charge < -0.3 is 5.32 Å². The fraction of sp³-hybridized carbons (Fsp3) is 0.533. The molecule has 0 aromatic heterocycles. The number of halogens is 1. The predicted octanol–water partition coefficient (Wildman–Crippen LogP) is 3.95. The SMILES string of the molecule is CC(C)CC(=O)NC(c1ccc(Cl)cc1)C1CC1. The Morgan fingerprint density at radius 2 is 1.94 bits per heavy atom. The number of benzene rings is 1. The van der Waals surface area contributed by atoms with Crippen LogP contribution in [0.25, 0.3) is 0 Å². The highest BCUT2D eigenvalue weighted by Crippen LogP contribution is 2.41. The van der Waals surface area contributed by atoms with Crippen molar-refractivity contribution in [2.45, 2.75) is 39.2 Å². The molecule has 1 amide bonds. The van der Waals surface area contributed by atoms with E-state index in [1.807, 2.05) is 24.3 Å². The number of hydrogen-bond acceptors (Lipinski definition) is 1. The molecule has 1 N–H and O–H groups in total. The Morgan fingerprint density at radius 1 is 1.33 bits per heavy atom. The van der Waals surface area contributed by atoms with Crippen LogP contribution in [-0.2, 0) is 4.79 Å². The van der Waals surface area contributed by atoms with Gasteiger partial charge in [0.1, 0.15) is 0 Å². The van der Waals surface area contributed by atoms with E-state index in [-0.39, 0.29) is 11.9 Å². The van der Waals surface area contributed by atoms with Gasteiger partial charge in [0, 0.05) is 11.4 Å². The first kappa shape index (κ1) is 13.4. The summed E-state index contributed by atoms with van der Waals surface area (Å²) >= 11 is 5.90. The first-order valence-electron chi connectivity index (χ1n) is 6.61. The van der Waals surface area contributed by atoms with Crippen molar-refractivity contribution in [3.05, 3.63) is 34.9 Å². The Balaban J connectivity index is 2.04. The summed E-state index contributed by atoms with van der Waals surface area (Å²) < 4.78 is 0. The normalized spacial score (nSPS) is 16.7. The van der Waals surface area contributed by atoms with Crippen molar-refractivity contribution in [3.8, 4) is 0 Å². The number of amides is 1.